The Hall–Kier alpha value is -2.00. The minimum Gasteiger partial charge on any atom is -0.490 e. The molecule has 2 heterocycles. The Morgan fingerprint density at radius 3 is 2.74 bits per heavy atom. The molecule has 2 aromatic carbocycles. The highest BCUT2D eigenvalue weighted by Crippen LogP contribution is 2.36. The maximum atomic E-state index is 6.05. The third-order valence-electron chi connectivity index (χ3n) is 4.57. The molecule has 3 nitrogen and oxygen atoms in total. The van der Waals surface area contributed by atoms with Gasteiger partial charge in [-0.3, -0.25) is 0 Å². The van der Waals surface area contributed by atoms with Gasteiger partial charge in [-0.1, -0.05) is 44.0 Å². The lowest BCUT2D eigenvalue weighted by Crippen LogP contribution is -2.04. The van der Waals surface area contributed by atoms with Crippen LogP contribution in [-0.2, 0) is 11.3 Å². The summed E-state index contributed by atoms with van der Waals surface area (Å²) in [6, 6.07) is 15.0. The minimum absolute atomic E-state index is 0.281. The van der Waals surface area contributed by atoms with E-state index in [1.165, 1.54) is 41.1 Å². The summed E-state index contributed by atoms with van der Waals surface area (Å²) in [6.45, 7) is 4.79. The van der Waals surface area contributed by atoms with Gasteiger partial charge in [-0.2, -0.15) is 0 Å². The van der Waals surface area contributed by atoms with E-state index < -0.39 is 0 Å². The number of aromatic nitrogens is 1. The molecule has 1 aliphatic rings. The first-order valence-electron chi connectivity index (χ1n) is 8.63. The van der Waals surface area contributed by atoms with Crippen molar-refractivity contribution >= 4 is 21.8 Å². The summed E-state index contributed by atoms with van der Waals surface area (Å²) < 4.78 is 13.8. The molecule has 3 aromatic rings. The number of aryl methyl sites for hydroxylation is 1. The molecule has 3 heteroatoms. The van der Waals surface area contributed by atoms with Crippen LogP contribution in [0.2, 0.25) is 0 Å². The summed E-state index contributed by atoms with van der Waals surface area (Å²) in [5.41, 5.74) is 2.58. The molecule has 120 valence electrons. The van der Waals surface area contributed by atoms with Crippen molar-refractivity contribution in [3.05, 3.63) is 42.5 Å². The van der Waals surface area contributed by atoms with E-state index in [4.69, 9.17) is 9.47 Å². The molecular weight excluding hydrogens is 286 g/mol. The molecule has 0 aliphatic carbocycles. The minimum atomic E-state index is 0.281. The zero-order valence-electron chi connectivity index (χ0n) is 13.6. The van der Waals surface area contributed by atoms with Crippen molar-refractivity contribution in [3.63, 3.8) is 0 Å². The SMILES string of the molecule is CCCCCn1c2ccccc2c2c(OCC3CO3)cccc21. The van der Waals surface area contributed by atoms with Crippen LogP contribution in [-0.4, -0.2) is 23.9 Å². The Kier molecular flexibility index (Phi) is 3.96. The molecule has 0 N–H and O–H groups in total. The van der Waals surface area contributed by atoms with E-state index in [-0.39, 0.29) is 6.10 Å². The van der Waals surface area contributed by atoms with E-state index in [1.54, 1.807) is 0 Å². The lowest BCUT2D eigenvalue weighted by molar-refractivity contribution is 0.265. The average molecular weight is 309 g/mol. The fourth-order valence-corrected chi connectivity index (χ4v) is 3.29. The summed E-state index contributed by atoms with van der Waals surface area (Å²) in [5, 5.41) is 2.52. The number of para-hydroxylation sites is 1. The quantitative estimate of drug-likeness (QED) is 0.464. The fourth-order valence-electron chi connectivity index (χ4n) is 3.29. The fraction of sp³-hybridized carbons (Fsp3) is 0.400. The Morgan fingerprint density at radius 2 is 1.91 bits per heavy atom. The molecule has 0 saturated carbocycles. The largest absolute Gasteiger partial charge is 0.490 e. The number of rotatable bonds is 7. The van der Waals surface area contributed by atoms with Crippen molar-refractivity contribution in [2.24, 2.45) is 0 Å². The van der Waals surface area contributed by atoms with Crippen LogP contribution >= 0.6 is 0 Å². The van der Waals surface area contributed by atoms with Crippen LogP contribution in [0.15, 0.2) is 42.5 Å². The van der Waals surface area contributed by atoms with Crippen LogP contribution in [0.1, 0.15) is 26.2 Å². The molecule has 1 atom stereocenters. The van der Waals surface area contributed by atoms with Crippen LogP contribution < -0.4 is 4.74 Å². The van der Waals surface area contributed by atoms with Crippen molar-refractivity contribution in [1.82, 2.24) is 4.57 Å². The van der Waals surface area contributed by atoms with Gasteiger partial charge < -0.3 is 14.0 Å². The van der Waals surface area contributed by atoms with E-state index >= 15 is 0 Å². The number of fused-ring (bicyclic) bond motifs is 3. The highest BCUT2D eigenvalue weighted by molar-refractivity contribution is 6.11. The van der Waals surface area contributed by atoms with Gasteiger partial charge in [0.25, 0.3) is 0 Å². The number of unbranched alkanes of at least 4 members (excludes halogenated alkanes) is 2. The maximum absolute atomic E-state index is 6.05. The number of ether oxygens (including phenoxy) is 2. The van der Waals surface area contributed by atoms with Gasteiger partial charge in [-0.15, -0.1) is 0 Å². The van der Waals surface area contributed by atoms with Crippen molar-refractivity contribution in [3.8, 4) is 5.75 Å². The third kappa shape index (κ3) is 2.81. The number of hydrogen-bond donors (Lipinski definition) is 0. The molecule has 1 saturated heterocycles. The third-order valence-corrected chi connectivity index (χ3v) is 4.57. The van der Waals surface area contributed by atoms with Gasteiger partial charge in [0, 0.05) is 22.8 Å². The first kappa shape index (κ1) is 14.6. The topological polar surface area (TPSA) is 26.7 Å². The predicted octanol–water partition coefficient (Wildman–Crippen LogP) is 4.76. The van der Waals surface area contributed by atoms with Gasteiger partial charge in [0.15, 0.2) is 0 Å². The Bertz CT molecular complexity index is 817. The second-order valence-electron chi connectivity index (χ2n) is 6.29. The zero-order chi connectivity index (χ0) is 15.6. The highest BCUT2D eigenvalue weighted by Gasteiger charge is 2.24. The number of benzene rings is 2. The second-order valence-corrected chi connectivity index (χ2v) is 6.29. The molecule has 0 spiro atoms. The lowest BCUT2D eigenvalue weighted by atomic mass is 10.1. The first-order valence-corrected chi connectivity index (χ1v) is 8.63. The van der Waals surface area contributed by atoms with Gasteiger partial charge in [-0.05, 0) is 24.6 Å². The molecule has 1 fully saturated rings. The smallest absolute Gasteiger partial charge is 0.129 e. The van der Waals surface area contributed by atoms with E-state index in [9.17, 15) is 0 Å². The van der Waals surface area contributed by atoms with Gasteiger partial charge >= 0.3 is 0 Å². The van der Waals surface area contributed by atoms with Crippen molar-refractivity contribution < 1.29 is 9.47 Å². The molecule has 0 bridgehead atoms. The molecule has 0 amide bonds. The normalized spacial score (nSPS) is 17.0. The van der Waals surface area contributed by atoms with Crippen LogP contribution in [0.3, 0.4) is 0 Å². The van der Waals surface area contributed by atoms with E-state index in [1.807, 2.05) is 0 Å². The molecule has 1 unspecified atom stereocenters. The van der Waals surface area contributed by atoms with Gasteiger partial charge in [0.1, 0.15) is 18.5 Å². The maximum Gasteiger partial charge on any atom is 0.129 e. The predicted molar refractivity (Wildman–Crippen MR) is 94.2 cm³/mol. The average Bonchev–Trinajstić information content (AvgIpc) is 3.36. The molecular formula is C20H23NO2. The molecule has 23 heavy (non-hydrogen) atoms. The summed E-state index contributed by atoms with van der Waals surface area (Å²) in [4.78, 5) is 0. The van der Waals surface area contributed by atoms with E-state index in [0.717, 1.165) is 18.9 Å². The van der Waals surface area contributed by atoms with Crippen molar-refractivity contribution in [2.45, 2.75) is 38.8 Å². The Balaban J connectivity index is 1.80. The number of hydrogen-bond acceptors (Lipinski definition) is 2. The van der Waals surface area contributed by atoms with Gasteiger partial charge in [0.05, 0.1) is 12.1 Å². The van der Waals surface area contributed by atoms with Crippen molar-refractivity contribution in [1.29, 1.82) is 0 Å². The summed E-state index contributed by atoms with van der Waals surface area (Å²) in [7, 11) is 0. The van der Waals surface area contributed by atoms with E-state index in [0.29, 0.717) is 6.61 Å². The summed E-state index contributed by atoms with van der Waals surface area (Å²) in [5.74, 6) is 0.975. The first-order chi connectivity index (χ1) is 11.4. The summed E-state index contributed by atoms with van der Waals surface area (Å²) >= 11 is 0. The van der Waals surface area contributed by atoms with Crippen LogP contribution in [0, 0.1) is 0 Å². The molecule has 1 aliphatic heterocycles. The van der Waals surface area contributed by atoms with Crippen LogP contribution in [0.25, 0.3) is 21.8 Å². The molecule has 1 aromatic heterocycles. The standard InChI is InChI=1S/C20H23NO2/c1-2-3-6-12-21-17-9-5-4-8-16(17)20-18(21)10-7-11-19(20)23-14-15-13-22-15/h4-5,7-11,15H,2-3,6,12-14H2,1H3. The Labute approximate surface area is 136 Å². The van der Waals surface area contributed by atoms with Crippen LogP contribution in [0.4, 0.5) is 0 Å². The monoisotopic (exact) mass is 309 g/mol. The zero-order valence-corrected chi connectivity index (χ0v) is 13.6. The lowest BCUT2D eigenvalue weighted by Gasteiger charge is -2.08. The van der Waals surface area contributed by atoms with Crippen LogP contribution in [0.5, 0.6) is 5.75 Å². The summed E-state index contributed by atoms with van der Waals surface area (Å²) in [6.07, 6.45) is 4.00. The highest BCUT2D eigenvalue weighted by atomic mass is 16.6. The molecule has 4 rings (SSSR count). The van der Waals surface area contributed by atoms with Crippen molar-refractivity contribution in [2.75, 3.05) is 13.2 Å². The van der Waals surface area contributed by atoms with Gasteiger partial charge in [-0.25, -0.2) is 0 Å². The van der Waals surface area contributed by atoms with Gasteiger partial charge in [0.2, 0.25) is 0 Å². The van der Waals surface area contributed by atoms with E-state index in [2.05, 4.69) is 54.0 Å². The number of epoxide rings is 1. The molecule has 0 radical (unpaired) electrons. The Morgan fingerprint density at radius 1 is 1.09 bits per heavy atom. The second kappa shape index (κ2) is 6.25. The number of nitrogens with zero attached hydrogens (tertiary/aromatic N) is 1.